The smallest absolute Gasteiger partial charge is 0.0657 e. The minimum atomic E-state index is -0.442. The molecule has 0 heterocycles. The zero-order valence-electron chi connectivity index (χ0n) is 12.3. The van der Waals surface area contributed by atoms with Gasteiger partial charge in [0, 0.05) is 0 Å². The minimum absolute atomic E-state index is 0.442. The first-order valence-electron chi connectivity index (χ1n) is 7.32. The lowest BCUT2D eigenvalue weighted by Crippen LogP contribution is -2.37. The highest BCUT2D eigenvalue weighted by molar-refractivity contribution is 5.18. The molecule has 2 atom stereocenters. The second-order valence-electron chi connectivity index (χ2n) is 6.42. The van der Waals surface area contributed by atoms with Crippen LogP contribution >= 0.6 is 0 Å². The summed E-state index contributed by atoms with van der Waals surface area (Å²) >= 11 is 0. The number of hydrogen-bond acceptors (Lipinski definition) is 1. The van der Waals surface area contributed by atoms with E-state index in [2.05, 4.69) is 19.9 Å². The van der Waals surface area contributed by atoms with Crippen LogP contribution < -0.4 is 0 Å². The first-order chi connectivity index (χ1) is 7.91. The molecule has 0 bridgehead atoms. The Kier molecular flexibility index (Phi) is 4.83. The van der Waals surface area contributed by atoms with Gasteiger partial charge in [-0.05, 0) is 56.8 Å². The summed E-state index contributed by atoms with van der Waals surface area (Å²) < 4.78 is 0. The predicted molar refractivity (Wildman–Crippen MR) is 75.0 cm³/mol. The maximum absolute atomic E-state index is 10.1. The Balaban J connectivity index is 0.000000686. The molecule has 2 aliphatic rings. The Bertz CT molecular complexity index is 273. The Hall–Kier alpha value is -0.300. The Morgan fingerprint density at radius 2 is 1.82 bits per heavy atom. The van der Waals surface area contributed by atoms with Gasteiger partial charge >= 0.3 is 0 Å². The second kappa shape index (κ2) is 5.56. The summed E-state index contributed by atoms with van der Waals surface area (Å²) in [5.41, 5.74) is 1.54. The van der Waals surface area contributed by atoms with E-state index < -0.39 is 5.60 Å². The van der Waals surface area contributed by atoms with E-state index in [-0.39, 0.29) is 0 Å². The lowest BCUT2D eigenvalue weighted by molar-refractivity contribution is 0.0143. The zero-order valence-corrected chi connectivity index (χ0v) is 12.3. The highest BCUT2D eigenvalue weighted by atomic mass is 16.3. The van der Waals surface area contributed by atoms with E-state index in [0.29, 0.717) is 5.41 Å². The average Bonchev–Trinajstić information content (AvgIpc) is 2.38. The van der Waals surface area contributed by atoms with Crippen LogP contribution in [0.3, 0.4) is 0 Å². The number of aliphatic hydroxyl groups is 1. The van der Waals surface area contributed by atoms with Crippen LogP contribution in [-0.2, 0) is 0 Å². The highest BCUT2D eigenvalue weighted by Crippen LogP contribution is 2.48. The molecule has 0 aliphatic heterocycles. The van der Waals surface area contributed by atoms with Crippen LogP contribution in [0.1, 0.15) is 73.1 Å². The van der Waals surface area contributed by atoms with E-state index in [1.165, 1.54) is 31.3 Å². The van der Waals surface area contributed by atoms with Gasteiger partial charge in [-0.15, -0.1) is 0 Å². The molecule has 0 radical (unpaired) electrons. The van der Waals surface area contributed by atoms with Crippen LogP contribution in [0.25, 0.3) is 0 Å². The topological polar surface area (TPSA) is 20.2 Å². The fourth-order valence-corrected chi connectivity index (χ4v) is 3.42. The van der Waals surface area contributed by atoms with Gasteiger partial charge < -0.3 is 5.11 Å². The maximum atomic E-state index is 10.1. The SMILES string of the molecule is CC.CC1(O)CCC2C(=CCCCC2(C)C)C1. The molecular weight excluding hydrogens is 208 g/mol. The average molecular weight is 238 g/mol. The lowest BCUT2D eigenvalue weighted by atomic mass is 9.65. The van der Waals surface area contributed by atoms with Crippen LogP contribution in [0.2, 0.25) is 0 Å². The first-order valence-corrected chi connectivity index (χ1v) is 7.32. The summed E-state index contributed by atoms with van der Waals surface area (Å²) in [7, 11) is 0. The summed E-state index contributed by atoms with van der Waals surface area (Å²) in [6, 6.07) is 0. The number of fused-ring (bicyclic) bond motifs is 1. The summed E-state index contributed by atoms with van der Waals surface area (Å²) in [5.74, 6) is 0.722. The molecular formula is C16H30O. The molecule has 1 heteroatoms. The number of hydrogen-bond donors (Lipinski definition) is 1. The Morgan fingerprint density at radius 1 is 1.18 bits per heavy atom. The Morgan fingerprint density at radius 3 is 2.47 bits per heavy atom. The molecule has 1 N–H and O–H groups in total. The number of allylic oxidation sites excluding steroid dienone is 1. The summed E-state index contributed by atoms with van der Waals surface area (Å²) in [5, 5.41) is 10.1. The molecule has 0 spiro atoms. The van der Waals surface area contributed by atoms with Gasteiger partial charge in [-0.2, -0.15) is 0 Å². The molecule has 1 fully saturated rings. The van der Waals surface area contributed by atoms with Gasteiger partial charge in [0.15, 0.2) is 0 Å². The van der Waals surface area contributed by atoms with E-state index in [4.69, 9.17) is 0 Å². The Labute approximate surface area is 107 Å². The van der Waals surface area contributed by atoms with Crippen molar-refractivity contribution in [1.82, 2.24) is 0 Å². The van der Waals surface area contributed by atoms with Crippen LogP contribution in [0.5, 0.6) is 0 Å². The highest BCUT2D eigenvalue weighted by Gasteiger charge is 2.40. The van der Waals surface area contributed by atoms with Gasteiger partial charge in [-0.25, -0.2) is 0 Å². The molecule has 0 aromatic carbocycles. The van der Waals surface area contributed by atoms with Gasteiger partial charge in [-0.1, -0.05) is 39.3 Å². The molecule has 0 aromatic rings. The third-order valence-electron chi connectivity index (χ3n) is 4.38. The lowest BCUT2D eigenvalue weighted by Gasteiger charge is -2.42. The van der Waals surface area contributed by atoms with Crippen molar-refractivity contribution >= 4 is 0 Å². The fraction of sp³-hybridized carbons (Fsp3) is 0.875. The molecule has 2 rings (SSSR count). The van der Waals surface area contributed by atoms with Crippen molar-refractivity contribution in [3.8, 4) is 0 Å². The van der Waals surface area contributed by atoms with Crippen molar-refractivity contribution in [3.63, 3.8) is 0 Å². The van der Waals surface area contributed by atoms with Gasteiger partial charge in [0.1, 0.15) is 0 Å². The van der Waals surface area contributed by atoms with Crippen molar-refractivity contribution in [1.29, 1.82) is 0 Å². The van der Waals surface area contributed by atoms with Gasteiger partial charge in [-0.3, -0.25) is 0 Å². The minimum Gasteiger partial charge on any atom is -0.390 e. The second-order valence-corrected chi connectivity index (χ2v) is 6.42. The quantitative estimate of drug-likeness (QED) is 0.606. The zero-order chi connectivity index (χ0) is 13.1. The van der Waals surface area contributed by atoms with Crippen molar-refractivity contribution < 1.29 is 5.11 Å². The van der Waals surface area contributed by atoms with Crippen LogP contribution in [0, 0.1) is 11.3 Å². The van der Waals surface area contributed by atoms with E-state index >= 15 is 0 Å². The maximum Gasteiger partial charge on any atom is 0.0657 e. The van der Waals surface area contributed by atoms with Crippen molar-refractivity contribution in [2.75, 3.05) is 0 Å². The third kappa shape index (κ3) is 3.58. The molecule has 1 saturated carbocycles. The van der Waals surface area contributed by atoms with E-state index in [0.717, 1.165) is 18.8 Å². The van der Waals surface area contributed by atoms with Gasteiger partial charge in [0.05, 0.1) is 5.60 Å². The van der Waals surface area contributed by atoms with E-state index in [1.807, 2.05) is 20.8 Å². The molecule has 2 aliphatic carbocycles. The van der Waals surface area contributed by atoms with Crippen LogP contribution in [0.4, 0.5) is 0 Å². The van der Waals surface area contributed by atoms with E-state index in [1.54, 1.807) is 0 Å². The standard InChI is InChI=1S/C14H24O.C2H6/c1-13(2)8-5-4-6-11-10-14(3,15)9-7-12(11)13;1-2/h6,12,15H,4-5,7-10H2,1-3H3;1-2H3. The third-order valence-corrected chi connectivity index (χ3v) is 4.38. The van der Waals surface area contributed by atoms with Crippen molar-refractivity contribution in [2.24, 2.45) is 11.3 Å². The molecule has 2 unspecified atom stereocenters. The molecule has 0 saturated heterocycles. The molecule has 17 heavy (non-hydrogen) atoms. The molecule has 0 aromatic heterocycles. The summed E-state index contributed by atoms with van der Waals surface area (Å²) in [6.45, 7) is 10.8. The molecule has 1 nitrogen and oxygen atoms in total. The number of rotatable bonds is 0. The fourth-order valence-electron chi connectivity index (χ4n) is 3.42. The summed E-state index contributed by atoms with van der Waals surface area (Å²) in [4.78, 5) is 0. The summed E-state index contributed by atoms with van der Waals surface area (Å²) in [6.07, 6.45) is 9.32. The predicted octanol–water partition coefficient (Wildman–Crippen LogP) is 4.70. The molecule has 100 valence electrons. The monoisotopic (exact) mass is 238 g/mol. The van der Waals surface area contributed by atoms with Gasteiger partial charge in [0.25, 0.3) is 0 Å². The normalized spacial score (nSPS) is 35.9. The van der Waals surface area contributed by atoms with Crippen molar-refractivity contribution in [3.05, 3.63) is 11.6 Å². The van der Waals surface area contributed by atoms with Crippen molar-refractivity contribution in [2.45, 2.75) is 78.7 Å². The van der Waals surface area contributed by atoms with Crippen LogP contribution in [0.15, 0.2) is 11.6 Å². The largest absolute Gasteiger partial charge is 0.390 e. The van der Waals surface area contributed by atoms with Crippen LogP contribution in [-0.4, -0.2) is 10.7 Å². The van der Waals surface area contributed by atoms with Gasteiger partial charge in [0.2, 0.25) is 0 Å². The first kappa shape index (κ1) is 14.8. The molecule has 0 amide bonds. The van der Waals surface area contributed by atoms with E-state index in [9.17, 15) is 5.11 Å².